The first-order valence-electron chi connectivity index (χ1n) is 9.43. The summed E-state index contributed by atoms with van der Waals surface area (Å²) in [6.45, 7) is 4.82. The molecule has 1 aliphatic rings. The van der Waals surface area contributed by atoms with Gasteiger partial charge in [0.25, 0.3) is 0 Å². The van der Waals surface area contributed by atoms with E-state index >= 15 is 0 Å². The summed E-state index contributed by atoms with van der Waals surface area (Å²) in [6.07, 6.45) is 0. The van der Waals surface area contributed by atoms with Crippen molar-refractivity contribution in [1.29, 1.82) is 0 Å². The second-order valence-electron chi connectivity index (χ2n) is 5.87. The van der Waals surface area contributed by atoms with Gasteiger partial charge in [-0.25, -0.2) is 9.97 Å². The lowest BCUT2D eigenvalue weighted by atomic mass is 10.2. The van der Waals surface area contributed by atoms with Crippen LogP contribution in [0.25, 0.3) is 11.4 Å². The highest BCUT2D eigenvalue weighted by atomic mass is 32.2. The predicted octanol–water partition coefficient (Wildman–Crippen LogP) is 3.41. The van der Waals surface area contributed by atoms with Gasteiger partial charge in [-0.3, -0.25) is 0 Å². The minimum atomic E-state index is 0.576. The standard InChI is InChI=1S/C20H26N2O4S2/c1-3-17-18-4-2-6-20(22-18)28-16-14-26-12-10-24-8-7-23-9-11-25-13-15-27-19(5-1)21-17/h1-6H,7-16H2. The van der Waals surface area contributed by atoms with Gasteiger partial charge in [-0.05, 0) is 24.3 Å². The first kappa shape index (κ1) is 21.5. The molecule has 152 valence electrons. The van der Waals surface area contributed by atoms with Crippen molar-refractivity contribution in [2.24, 2.45) is 0 Å². The lowest BCUT2D eigenvalue weighted by molar-refractivity contribution is 0.00146. The monoisotopic (exact) mass is 422 g/mol. The van der Waals surface area contributed by atoms with Gasteiger partial charge in [0.15, 0.2) is 0 Å². The van der Waals surface area contributed by atoms with Gasteiger partial charge >= 0.3 is 0 Å². The minimum absolute atomic E-state index is 0.576. The third-order valence-corrected chi connectivity index (χ3v) is 5.57. The molecule has 0 unspecified atom stereocenters. The Morgan fingerprint density at radius 1 is 0.536 bits per heavy atom. The molecule has 0 amide bonds. The Morgan fingerprint density at radius 3 is 1.36 bits per heavy atom. The number of hydrogen-bond acceptors (Lipinski definition) is 8. The van der Waals surface area contributed by atoms with Gasteiger partial charge < -0.3 is 18.9 Å². The maximum absolute atomic E-state index is 5.60. The quantitative estimate of drug-likeness (QED) is 0.640. The molecule has 6 nitrogen and oxygen atoms in total. The SMILES string of the molecule is c1cc2nc(c1)-c1cccc(n1)SCCOCCOCCOCCOCCS2. The van der Waals surface area contributed by atoms with Crippen molar-refractivity contribution in [1.82, 2.24) is 9.97 Å². The molecule has 0 saturated heterocycles. The van der Waals surface area contributed by atoms with Crippen molar-refractivity contribution in [3.05, 3.63) is 36.4 Å². The molecule has 8 heteroatoms. The van der Waals surface area contributed by atoms with Gasteiger partial charge in [0, 0.05) is 11.5 Å². The third-order valence-electron chi connectivity index (χ3n) is 3.78. The molecular weight excluding hydrogens is 396 g/mol. The highest BCUT2D eigenvalue weighted by Crippen LogP contribution is 2.23. The van der Waals surface area contributed by atoms with E-state index in [2.05, 4.69) is 0 Å². The normalized spacial score (nSPS) is 18.6. The fourth-order valence-corrected chi connectivity index (χ4v) is 3.94. The maximum Gasteiger partial charge on any atom is 0.0968 e. The van der Waals surface area contributed by atoms with Crippen LogP contribution < -0.4 is 0 Å². The molecule has 0 atom stereocenters. The molecule has 2 aromatic rings. The molecule has 0 fully saturated rings. The van der Waals surface area contributed by atoms with E-state index in [1.165, 1.54) is 0 Å². The van der Waals surface area contributed by atoms with Crippen molar-refractivity contribution in [3.63, 3.8) is 0 Å². The zero-order valence-electron chi connectivity index (χ0n) is 15.9. The maximum atomic E-state index is 5.60. The number of fused-ring (bicyclic) bond motifs is 5. The zero-order valence-corrected chi connectivity index (χ0v) is 17.5. The van der Waals surface area contributed by atoms with Crippen molar-refractivity contribution >= 4 is 23.5 Å². The molecule has 0 N–H and O–H groups in total. The van der Waals surface area contributed by atoms with Crippen molar-refractivity contribution in [2.45, 2.75) is 10.1 Å². The van der Waals surface area contributed by atoms with Gasteiger partial charge in [-0.15, -0.1) is 23.5 Å². The number of ether oxygens (including phenoxy) is 4. The summed E-state index contributed by atoms with van der Waals surface area (Å²) in [5, 5.41) is 1.95. The van der Waals surface area contributed by atoms with Crippen molar-refractivity contribution in [3.8, 4) is 11.4 Å². The Balaban J connectivity index is 1.60. The van der Waals surface area contributed by atoms with E-state index in [1.54, 1.807) is 23.5 Å². The van der Waals surface area contributed by atoms with Crippen LogP contribution in [-0.4, -0.2) is 74.3 Å². The number of thioether (sulfide) groups is 2. The summed E-state index contributed by atoms with van der Waals surface area (Å²) in [5.41, 5.74) is 1.77. The van der Waals surface area contributed by atoms with E-state index in [0.717, 1.165) is 32.9 Å². The number of pyridine rings is 2. The molecule has 0 saturated carbocycles. The topological polar surface area (TPSA) is 62.7 Å². The van der Waals surface area contributed by atoms with E-state index in [0.29, 0.717) is 52.9 Å². The highest BCUT2D eigenvalue weighted by Gasteiger charge is 2.05. The molecule has 4 bridgehead atoms. The van der Waals surface area contributed by atoms with Crippen molar-refractivity contribution in [2.75, 3.05) is 64.4 Å². The minimum Gasteiger partial charge on any atom is -0.378 e. The average Bonchev–Trinajstić information content (AvgIpc) is 2.73. The van der Waals surface area contributed by atoms with E-state index in [9.17, 15) is 0 Å². The van der Waals surface area contributed by atoms with Crippen LogP contribution >= 0.6 is 23.5 Å². The van der Waals surface area contributed by atoms with Crippen LogP contribution in [0, 0.1) is 0 Å². The van der Waals surface area contributed by atoms with Crippen molar-refractivity contribution < 1.29 is 18.9 Å². The molecule has 1 aliphatic heterocycles. The second kappa shape index (κ2) is 13.1. The van der Waals surface area contributed by atoms with Gasteiger partial charge in [0.2, 0.25) is 0 Å². The van der Waals surface area contributed by atoms with Gasteiger partial charge in [0.1, 0.15) is 0 Å². The third kappa shape index (κ3) is 8.06. The Morgan fingerprint density at radius 2 is 0.929 bits per heavy atom. The summed E-state index contributed by atoms with van der Waals surface area (Å²) in [5.74, 6) is 1.70. The summed E-state index contributed by atoms with van der Waals surface area (Å²) in [4.78, 5) is 9.46. The van der Waals surface area contributed by atoms with E-state index < -0.39 is 0 Å². The Labute approximate surface area is 174 Å². The van der Waals surface area contributed by atoms with E-state index in [4.69, 9.17) is 28.9 Å². The van der Waals surface area contributed by atoms with Gasteiger partial charge in [-0.2, -0.15) is 0 Å². The van der Waals surface area contributed by atoms with E-state index in [1.807, 2.05) is 36.4 Å². The lowest BCUT2D eigenvalue weighted by Gasteiger charge is -2.09. The first-order chi connectivity index (χ1) is 13.9. The first-order valence-corrected chi connectivity index (χ1v) is 11.4. The largest absolute Gasteiger partial charge is 0.378 e. The molecule has 0 radical (unpaired) electrons. The average molecular weight is 423 g/mol. The molecular formula is C20H26N2O4S2. The number of nitrogens with zero attached hydrogens (tertiary/aromatic N) is 2. The Hall–Kier alpha value is -1.16. The summed E-state index contributed by atoms with van der Waals surface area (Å²) < 4.78 is 22.2. The molecule has 0 spiro atoms. The van der Waals surface area contributed by atoms with Crippen LogP contribution in [0.15, 0.2) is 46.5 Å². The van der Waals surface area contributed by atoms with E-state index in [-0.39, 0.29) is 0 Å². The summed E-state index contributed by atoms with van der Waals surface area (Å²) in [6, 6.07) is 12.1. The number of aromatic nitrogens is 2. The molecule has 3 rings (SSSR count). The van der Waals surface area contributed by atoms with Crippen LogP contribution in [0.4, 0.5) is 0 Å². The van der Waals surface area contributed by atoms with Gasteiger partial charge in [0.05, 0.1) is 74.3 Å². The second-order valence-corrected chi connectivity index (χ2v) is 8.10. The molecule has 3 heterocycles. The van der Waals surface area contributed by atoms with Crippen LogP contribution in [0.3, 0.4) is 0 Å². The van der Waals surface area contributed by atoms with Crippen LogP contribution in [0.1, 0.15) is 0 Å². The molecule has 0 aromatic carbocycles. The van der Waals surface area contributed by atoms with Crippen LogP contribution in [0.5, 0.6) is 0 Å². The Kier molecular flexibility index (Phi) is 10.1. The fourth-order valence-electron chi connectivity index (χ4n) is 2.45. The predicted molar refractivity (Wildman–Crippen MR) is 112 cm³/mol. The lowest BCUT2D eigenvalue weighted by Crippen LogP contribution is -2.13. The molecule has 2 aromatic heterocycles. The zero-order chi connectivity index (χ0) is 19.3. The Bertz CT molecular complexity index is 646. The summed E-state index contributed by atoms with van der Waals surface area (Å²) >= 11 is 3.37. The number of hydrogen-bond donors (Lipinski definition) is 0. The fraction of sp³-hybridized carbons (Fsp3) is 0.500. The summed E-state index contributed by atoms with van der Waals surface area (Å²) in [7, 11) is 0. The molecule has 0 aliphatic carbocycles. The molecule has 28 heavy (non-hydrogen) atoms. The number of rotatable bonds is 0. The van der Waals surface area contributed by atoms with Gasteiger partial charge in [-0.1, -0.05) is 12.1 Å². The smallest absolute Gasteiger partial charge is 0.0968 e. The highest BCUT2D eigenvalue weighted by molar-refractivity contribution is 7.99. The van der Waals surface area contributed by atoms with Crippen LogP contribution in [-0.2, 0) is 18.9 Å². The van der Waals surface area contributed by atoms with Crippen LogP contribution in [0.2, 0.25) is 0 Å².